The lowest BCUT2D eigenvalue weighted by molar-refractivity contribution is -0.259. The van der Waals surface area contributed by atoms with Gasteiger partial charge in [-0.1, -0.05) is 24.4 Å². The van der Waals surface area contributed by atoms with E-state index in [1.807, 2.05) is 6.08 Å². The molecule has 8 heteroatoms. The second-order valence-electron chi connectivity index (χ2n) is 5.21. The van der Waals surface area contributed by atoms with Gasteiger partial charge in [0.05, 0.1) is 25.7 Å². The predicted octanol–water partition coefficient (Wildman–Crippen LogP) is 4.51. The van der Waals surface area contributed by atoms with Crippen LogP contribution in [0.5, 0.6) is 5.75 Å². The zero-order chi connectivity index (χ0) is 17.4. The molecule has 0 atom stereocenters. The SMILES string of the molecule is COc1ccc(Cl)cc1C=C1ON(CCCCCCC(=O)O)OS1. The highest BCUT2D eigenvalue weighted by molar-refractivity contribution is 7.98. The molecule has 2 rings (SSSR count). The molecule has 0 spiro atoms. The van der Waals surface area contributed by atoms with Gasteiger partial charge in [0.25, 0.3) is 0 Å². The van der Waals surface area contributed by atoms with Crippen molar-refractivity contribution in [1.29, 1.82) is 0 Å². The lowest BCUT2D eigenvalue weighted by atomic mass is 10.1. The highest BCUT2D eigenvalue weighted by atomic mass is 35.5. The number of rotatable bonds is 9. The number of carbonyl (C=O) groups is 1. The molecule has 0 saturated carbocycles. The second-order valence-corrected chi connectivity index (χ2v) is 6.37. The Bertz CT molecular complexity index is 596. The first-order chi connectivity index (χ1) is 11.6. The summed E-state index contributed by atoms with van der Waals surface area (Å²) < 4.78 is 10.7. The van der Waals surface area contributed by atoms with E-state index in [0.29, 0.717) is 28.8 Å². The van der Waals surface area contributed by atoms with Crippen LogP contribution in [0.4, 0.5) is 0 Å². The minimum Gasteiger partial charge on any atom is -0.496 e. The lowest BCUT2D eigenvalue weighted by Gasteiger charge is -2.10. The molecule has 0 aliphatic carbocycles. The number of methoxy groups -OCH3 is 1. The molecule has 0 radical (unpaired) electrons. The smallest absolute Gasteiger partial charge is 0.303 e. The Hall–Kier alpha value is -1.41. The molecule has 1 saturated heterocycles. The fourth-order valence-electron chi connectivity index (χ4n) is 2.16. The topological polar surface area (TPSA) is 68.2 Å². The van der Waals surface area contributed by atoms with Gasteiger partial charge in [0.1, 0.15) is 5.75 Å². The summed E-state index contributed by atoms with van der Waals surface area (Å²) in [5.41, 5.74) is 0.812. The van der Waals surface area contributed by atoms with Gasteiger partial charge in [0.2, 0.25) is 5.09 Å². The number of nitrogens with zero attached hydrogens (tertiary/aromatic N) is 1. The molecule has 1 aromatic rings. The Morgan fingerprint density at radius 2 is 2.17 bits per heavy atom. The van der Waals surface area contributed by atoms with Crippen LogP contribution in [0.1, 0.15) is 37.7 Å². The van der Waals surface area contributed by atoms with Crippen molar-refractivity contribution in [3.8, 4) is 5.75 Å². The maximum absolute atomic E-state index is 10.4. The predicted molar refractivity (Wildman–Crippen MR) is 93.2 cm³/mol. The highest BCUT2D eigenvalue weighted by Gasteiger charge is 2.21. The fourth-order valence-corrected chi connectivity index (χ4v) is 2.89. The van der Waals surface area contributed by atoms with Crippen LogP contribution in [-0.4, -0.2) is 30.0 Å². The maximum atomic E-state index is 10.4. The molecule has 132 valence electrons. The minimum absolute atomic E-state index is 0.223. The van der Waals surface area contributed by atoms with E-state index in [4.69, 9.17) is 30.6 Å². The van der Waals surface area contributed by atoms with Crippen LogP contribution in [0.3, 0.4) is 0 Å². The number of hydrogen-bond acceptors (Lipinski definition) is 6. The van der Waals surface area contributed by atoms with E-state index >= 15 is 0 Å². The highest BCUT2D eigenvalue weighted by Crippen LogP contribution is 2.34. The summed E-state index contributed by atoms with van der Waals surface area (Å²) >= 11 is 7.14. The van der Waals surface area contributed by atoms with E-state index in [1.165, 1.54) is 5.23 Å². The van der Waals surface area contributed by atoms with E-state index in [0.717, 1.165) is 36.9 Å². The molecule has 0 bridgehead atoms. The Kier molecular flexibility index (Phi) is 7.71. The number of carboxylic acids is 1. The van der Waals surface area contributed by atoms with Gasteiger partial charge in [0, 0.05) is 23.1 Å². The molecule has 1 aromatic carbocycles. The molecule has 6 nitrogen and oxygen atoms in total. The molecule has 0 amide bonds. The summed E-state index contributed by atoms with van der Waals surface area (Å²) in [7, 11) is 1.60. The fraction of sp³-hybridized carbons (Fsp3) is 0.438. The van der Waals surface area contributed by atoms with Crippen molar-refractivity contribution in [2.45, 2.75) is 32.1 Å². The van der Waals surface area contributed by atoms with E-state index in [9.17, 15) is 4.79 Å². The van der Waals surface area contributed by atoms with E-state index in [1.54, 1.807) is 25.3 Å². The number of aliphatic carboxylic acids is 1. The van der Waals surface area contributed by atoms with Crippen LogP contribution in [0, 0.1) is 0 Å². The monoisotopic (exact) mass is 373 g/mol. The lowest BCUT2D eigenvalue weighted by Crippen LogP contribution is -2.16. The van der Waals surface area contributed by atoms with Crippen molar-refractivity contribution in [2.24, 2.45) is 0 Å². The normalized spacial score (nSPS) is 16.3. The number of benzene rings is 1. The summed E-state index contributed by atoms with van der Waals surface area (Å²) in [5, 5.41) is 11.2. The zero-order valence-corrected chi connectivity index (χ0v) is 14.9. The van der Waals surface area contributed by atoms with Gasteiger partial charge < -0.3 is 14.7 Å². The van der Waals surface area contributed by atoms with Gasteiger partial charge in [-0.3, -0.25) is 4.79 Å². The molecule has 1 fully saturated rings. The van der Waals surface area contributed by atoms with Crippen LogP contribution in [0.2, 0.25) is 5.02 Å². The summed E-state index contributed by atoms with van der Waals surface area (Å²) in [5.74, 6) is -0.0446. The Morgan fingerprint density at radius 3 is 2.92 bits per heavy atom. The van der Waals surface area contributed by atoms with Crippen LogP contribution >= 0.6 is 23.6 Å². The van der Waals surface area contributed by atoms with Gasteiger partial charge >= 0.3 is 5.97 Å². The molecule has 0 aromatic heterocycles. The van der Waals surface area contributed by atoms with Crippen molar-refractivity contribution < 1.29 is 23.8 Å². The Balaban J connectivity index is 1.76. The zero-order valence-electron chi connectivity index (χ0n) is 13.4. The van der Waals surface area contributed by atoms with Gasteiger partial charge in [-0.15, -0.1) is 0 Å². The Morgan fingerprint density at radius 1 is 1.38 bits per heavy atom. The largest absolute Gasteiger partial charge is 0.496 e. The van der Waals surface area contributed by atoms with Crippen LogP contribution in [0.25, 0.3) is 6.08 Å². The first-order valence-corrected chi connectivity index (χ1v) is 8.77. The summed E-state index contributed by atoms with van der Waals surface area (Å²) in [6.45, 7) is 0.615. The van der Waals surface area contributed by atoms with Gasteiger partial charge in [-0.05, 0) is 36.3 Å². The quantitative estimate of drug-likeness (QED) is 0.504. The molecule has 1 aliphatic rings. The van der Waals surface area contributed by atoms with Crippen LogP contribution in [-0.2, 0) is 13.9 Å². The summed E-state index contributed by atoms with van der Waals surface area (Å²) in [6.07, 6.45) is 5.42. The molecular weight excluding hydrogens is 354 g/mol. The van der Waals surface area contributed by atoms with Crippen molar-refractivity contribution in [2.75, 3.05) is 13.7 Å². The number of hydroxylamine groups is 2. The standard InChI is InChI=1S/C16H20ClNO5S/c1-21-14-8-7-13(17)10-12(14)11-16-22-18(23-24-16)9-5-3-2-4-6-15(19)20/h7-8,10-11H,2-6,9H2,1H3,(H,19,20). The van der Waals surface area contributed by atoms with Gasteiger partial charge in [0.15, 0.2) is 0 Å². The molecule has 1 N–H and O–H groups in total. The van der Waals surface area contributed by atoms with Crippen LogP contribution in [0.15, 0.2) is 23.3 Å². The van der Waals surface area contributed by atoms with Crippen LogP contribution < -0.4 is 4.74 Å². The van der Waals surface area contributed by atoms with Crippen molar-refractivity contribution in [3.63, 3.8) is 0 Å². The second kappa shape index (κ2) is 9.78. The molecule has 1 heterocycles. The number of unbranched alkanes of at least 4 members (excludes halogenated alkanes) is 3. The van der Waals surface area contributed by atoms with E-state index < -0.39 is 5.97 Å². The molecule has 24 heavy (non-hydrogen) atoms. The molecule has 0 unspecified atom stereocenters. The number of halogens is 1. The molecule has 1 aliphatic heterocycles. The summed E-state index contributed by atoms with van der Waals surface area (Å²) in [6, 6.07) is 5.35. The van der Waals surface area contributed by atoms with E-state index in [2.05, 4.69) is 0 Å². The minimum atomic E-state index is -0.746. The molecular formula is C16H20ClNO5S. The maximum Gasteiger partial charge on any atom is 0.303 e. The first-order valence-electron chi connectivity index (χ1n) is 7.65. The van der Waals surface area contributed by atoms with E-state index in [-0.39, 0.29) is 6.42 Å². The third kappa shape index (κ3) is 6.24. The Labute approximate surface area is 150 Å². The van der Waals surface area contributed by atoms with Gasteiger partial charge in [-0.2, -0.15) is 4.28 Å². The van der Waals surface area contributed by atoms with Gasteiger partial charge in [-0.25, -0.2) is 0 Å². The third-order valence-corrected chi connectivity index (χ3v) is 4.17. The average Bonchev–Trinajstić information content (AvgIpc) is 2.98. The van der Waals surface area contributed by atoms with Crippen molar-refractivity contribution in [1.82, 2.24) is 5.23 Å². The average molecular weight is 374 g/mol. The van der Waals surface area contributed by atoms with Crippen molar-refractivity contribution >= 4 is 35.7 Å². The third-order valence-electron chi connectivity index (χ3n) is 3.34. The number of ether oxygens (including phenoxy) is 1. The van der Waals surface area contributed by atoms with Crippen molar-refractivity contribution in [3.05, 3.63) is 33.9 Å². The number of hydrogen-bond donors (Lipinski definition) is 1. The summed E-state index contributed by atoms with van der Waals surface area (Å²) in [4.78, 5) is 16.0. The number of carboxylic acid groups (broad SMARTS) is 1. The first kappa shape index (κ1) is 18.9.